The molecule has 0 radical (unpaired) electrons. The van der Waals surface area contributed by atoms with E-state index in [4.69, 9.17) is 12.2 Å². The number of aromatic amines is 1. The minimum atomic E-state index is 0.0722. The summed E-state index contributed by atoms with van der Waals surface area (Å²) in [7, 11) is 3.50. The molecular weight excluding hydrogens is 272 g/mol. The first-order chi connectivity index (χ1) is 9.49. The van der Waals surface area contributed by atoms with Crippen LogP contribution in [0.5, 0.6) is 0 Å². The average molecular weight is 290 g/mol. The first-order valence-corrected chi connectivity index (χ1v) is 6.82. The van der Waals surface area contributed by atoms with Crippen LogP contribution in [0.15, 0.2) is 24.3 Å². The number of amides is 1. The maximum Gasteiger partial charge on any atom is 0.223 e. The normalized spacial score (nSPS) is 10.6. The molecule has 1 N–H and O–H groups in total. The summed E-state index contributed by atoms with van der Waals surface area (Å²) in [6.45, 7) is 2.56. The molecule has 0 atom stereocenters. The van der Waals surface area contributed by atoms with Crippen molar-refractivity contribution in [2.24, 2.45) is 0 Å². The molecule has 0 unspecified atom stereocenters. The SMILES string of the molecule is Cc1ccc(-c2n[nH]c(=S)n2CCC(=O)N(C)C)cc1. The molecule has 5 nitrogen and oxygen atoms in total. The van der Waals surface area contributed by atoms with Crippen molar-refractivity contribution in [1.29, 1.82) is 0 Å². The summed E-state index contributed by atoms with van der Waals surface area (Å²) in [5.41, 5.74) is 2.18. The van der Waals surface area contributed by atoms with Crippen LogP contribution in [0.3, 0.4) is 0 Å². The van der Waals surface area contributed by atoms with E-state index in [0.717, 1.165) is 11.4 Å². The fraction of sp³-hybridized carbons (Fsp3) is 0.357. The Balaban J connectivity index is 2.26. The molecule has 2 aromatic rings. The summed E-state index contributed by atoms with van der Waals surface area (Å²) in [5.74, 6) is 0.838. The lowest BCUT2D eigenvalue weighted by molar-refractivity contribution is -0.128. The van der Waals surface area contributed by atoms with E-state index in [9.17, 15) is 4.79 Å². The van der Waals surface area contributed by atoms with Crippen LogP contribution in [-0.4, -0.2) is 39.7 Å². The van der Waals surface area contributed by atoms with Gasteiger partial charge in [-0.3, -0.25) is 14.5 Å². The van der Waals surface area contributed by atoms with E-state index < -0.39 is 0 Å². The Morgan fingerprint density at radius 3 is 2.60 bits per heavy atom. The van der Waals surface area contributed by atoms with E-state index in [1.165, 1.54) is 5.56 Å². The van der Waals surface area contributed by atoms with Crippen LogP contribution in [0.4, 0.5) is 0 Å². The van der Waals surface area contributed by atoms with Crippen molar-refractivity contribution in [2.75, 3.05) is 14.1 Å². The molecule has 20 heavy (non-hydrogen) atoms. The molecule has 0 bridgehead atoms. The first-order valence-electron chi connectivity index (χ1n) is 6.41. The summed E-state index contributed by atoms with van der Waals surface area (Å²) in [6, 6.07) is 8.07. The number of nitrogens with zero attached hydrogens (tertiary/aromatic N) is 3. The van der Waals surface area contributed by atoms with Gasteiger partial charge >= 0.3 is 0 Å². The molecule has 1 aromatic heterocycles. The zero-order chi connectivity index (χ0) is 14.7. The third-order valence-corrected chi connectivity index (χ3v) is 3.43. The van der Waals surface area contributed by atoms with Crippen molar-refractivity contribution in [2.45, 2.75) is 19.9 Å². The smallest absolute Gasteiger partial charge is 0.223 e. The topological polar surface area (TPSA) is 53.9 Å². The lowest BCUT2D eigenvalue weighted by atomic mass is 10.1. The summed E-state index contributed by atoms with van der Waals surface area (Å²) in [4.78, 5) is 13.3. The molecule has 0 aliphatic heterocycles. The zero-order valence-corrected chi connectivity index (χ0v) is 12.7. The Kier molecular flexibility index (Phi) is 4.34. The molecule has 106 valence electrons. The molecule has 0 aliphatic carbocycles. The second kappa shape index (κ2) is 6.00. The molecule has 0 spiro atoms. The third kappa shape index (κ3) is 3.14. The van der Waals surface area contributed by atoms with Crippen LogP contribution in [0.1, 0.15) is 12.0 Å². The molecule has 6 heteroatoms. The molecular formula is C14H18N4OS. The van der Waals surface area contributed by atoms with Gasteiger partial charge in [0.25, 0.3) is 0 Å². The zero-order valence-electron chi connectivity index (χ0n) is 11.9. The maximum absolute atomic E-state index is 11.7. The second-order valence-electron chi connectivity index (χ2n) is 4.91. The number of carbonyl (C=O) groups excluding carboxylic acids is 1. The number of benzene rings is 1. The Morgan fingerprint density at radius 2 is 2.00 bits per heavy atom. The number of rotatable bonds is 4. The monoisotopic (exact) mass is 290 g/mol. The number of aryl methyl sites for hydroxylation is 1. The van der Waals surface area contributed by atoms with E-state index in [1.807, 2.05) is 35.8 Å². The Bertz CT molecular complexity index is 655. The molecule has 0 saturated carbocycles. The molecule has 0 fully saturated rings. The van der Waals surface area contributed by atoms with Crippen LogP contribution in [0.2, 0.25) is 0 Å². The number of nitrogens with one attached hydrogen (secondary N) is 1. The Hall–Kier alpha value is -1.95. The van der Waals surface area contributed by atoms with Gasteiger partial charge in [0.05, 0.1) is 0 Å². The summed E-state index contributed by atoms with van der Waals surface area (Å²) >= 11 is 5.24. The van der Waals surface area contributed by atoms with Crippen LogP contribution in [0.25, 0.3) is 11.4 Å². The minimum Gasteiger partial charge on any atom is -0.349 e. The van der Waals surface area contributed by atoms with Gasteiger partial charge in [0.2, 0.25) is 5.91 Å². The predicted octanol–water partition coefficient (Wildman–Crippen LogP) is 2.39. The van der Waals surface area contributed by atoms with Crippen molar-refractivity contribution < 1.29 is 4.79 Å². The molecule has 2 rings (SSSR count). The quantitative estimate of drug-likeness (QED) is 0.880. The van der Waals surface area contributed by atoms with Crippen LogP contribution >= 0.6 is 12.2 Å². The maximum atomic E-state index is 11.7. The van der Waals surface area contributed by atoms with Crippen molar-refractivity contribution in [3.05, 3.63) is 34.6 Å². The fourth-order valence-corrected chi connectivity index (χ4v) is 2.10. The number of H-pyrrole nitrogens is 1. The highest BCUT2D eigenvalue weighted by atomic mass is 32.1. The highest BCUT2D eigenvalue weighted by molar-refractivity contribution is 7.71. The van der Waals surface area contributed by atoms with Crippen LogP contribution < -0.4 is 0 Å². The summed E-state index contributed by atoms with van der Waals surface area (Å²) in [5, 5.41) is 7.05. The van der Waals surface area contributed by atoms with Crippen molar-refractivity contribution in [3.8, 4) is 11.4 Å². The highest BCUT2D eigenvalue weighted by Gasteiger charge is 2.11. The van der Waals surface area contributed by atoms with Gasteiger partial charge in [0.15, 0.2) is 10.6 Å². The van der Waals surface area contributed by atoms with Gasteiger partial charge < -0.3 is 4.90 Å². The van der Waals surface area contributed by atoms with Gasteiger partial charge in [0.1, 0.15) is 0 Å². The van der Waals surface area contributed by atoms with Crippen LogP contribution in [-0.2, 0) is 11.3 Å². The highest BCUT2D eigenvalue weighted by Crippen LogP contribution is 2.18. The lowest BCUT2D eigenvalue weighted by Crippen LogP contribution is -2.23. The van der Waals surface area contributed by atoms with Gasteiger partial charge in [-0.15, -0.1) is 0 Å². The first kappa shape index (κ1) is 14.5. The largest absolute Gasteiger partial charge is 0.349 e. The lowest BCUT2D eigenvalue weighted by Gasteiger charge is -2.11. The average Bonchev–Trinajstić information content (AvgIpc) is 2.78. The van der Waals surface area contributed by atoms with E-state index >= 15 is 0 Å². The van der Waals surface area contributed by atoms with Gasteiger partial charge in [-0.25, -0.2) is 0 Å². The van der Waals surface area contributed by atoms with Gasteiger partial charge in [-0.1, -0.05) is 29.8 Å². The van der Waals surface area contributed by atoms with Crippen LogP contribution in [0, 0.1) is 11.7 Å². The molecule has 0 saturated heterocycles. The third-order valence-electron chi connectivity index (χ3n) is 3.12. The van der Waals surface area contributed by atoms with Gasteiger partial charge in [-0.05, 0) is 19.1 Å². The fourth-order valence-electron chi connectivity index (χ4n) is 1.88. The molecule has 1 aromatic carbocycles. The Labute approximate surface area is 123 Å². The number of hydrogen-bond donors (Lipinski definition) is 1. The van der Waals surface area contributed by atoms with Gasteiger partial charge in [0, 0.05) is 32.6 Å². The number of hydrogen-bond acceptors (Lipinski definition) is 3. The van der Waals surface area contributed by atoms with Crippen molar-refractivity contribution in [3.63, 3.8) is 0 Å². The van der Waals surface area contributed by atoms with E-state index in [2.05, 4.69) is 10.2 Å². The van der Waals surface area contributed by atoms with Gasteiger partial charge in [-0.2, -0.15) is 5.10 Å². The summed E-state index contributed by atoms with van der Waals surface area (Å²) < 4.78 is 2.40. The van der Waals surface area contributed by atoms with Crippen molar-refractivity contribution >= 4 is 18.1 Å². The minimum absolute atomic E-state index is 0.0722. The number of carbonyl (C=O) groups is 1. The standard InChI is InChI=1S/C14H18N4OS/c1-10-4-6-11(7-5-10)13-15-16-14(20)18(13)9-8-12(19)17(2)3/h4-7H,8-9H2,1-3H3,(H,16,20). The van der Waals surface area contributed by atoms with E-state index in [1.54, 1.807) is 19.0 Å². The summed E-state index contributed by atoms with van der Waals surface area (Å²) in [6.07, 6.45) is 0.402. The molecule has 1 amide bonds. The van der Waals surface area contributed by atoms with Crippen molar-refractivity contribution in [1.82, 2.24) is 19.7 Å². The second-order valence-corrected chi connectivity index (χ2v) is 5.29. The predicted molar refractivity (Wildman–Crippen MR) is 80.9 cm³/mol. The van der Waals surface area contributed by atoms with E-state index in [0.29, 0.717) is 17.7 Å². The van der Waals surface area contributed by atoms with E-state index in [-0.39, 0.29) is 5.91 Å². The molecule has 1 heterocycles. The molecule has 0 aliphatic rings. The number of aromatic nitrogens is 3. The Morgan fingerprint density at radius 1 is 1.35 bits per heavy atom.